The Balaban J connectivity index is 1.83. The van der Waals surface area contributed by atoms with E-state index in [9.17, 15) is 20.6 Å². The van der Waals surface area contributed by atoms with Crippen molar-refractivity contribution in [2.75, 3.05) is 13.2 Å². The topological polar surface area (TPSA) is 127 Å². The maximum absolute atomic E-state index is 10.4. The quantitative estimate of drug-likeness (QED) is 0.528. The van der Waals surface area contributed by atoms with Crippen molar-refractivity contribution in [2.45, 2.75) is 37.3 Å². The Morgan fingerprint density at radius 2 is 1.97 bits per heavy atom. The summed E-state index contributed by atoms with van der Waals surface area (Å²) in [7, 11) is 0. The van der Waals surface area contributed by atoms with Gasteiger partial charge in [0.1, 0.15) is 24.6 Å². The molecule has 7 nitrogen and oxygen atoms in total. The van der Waals surface area contributed by atoms with Gasteiger partial charge in [-0.15, -0.1) is 0 Å². The zero-order valence-electron chi connectivity index (χ0n) is 15.9. The second-order valence-electron chi connectivity index (χ2n) is 7.02. The Morgan fingerprint density at radius 1 is 1.21 bits per heavy atom. The van der Waals surface area contributed by atoms with Crippen LogP contribution in [-0.4, -0.2) is 53.1 Å². The van der Waals surface area contributed by atoms with Gasteiger partial charge in [0, 0.05) is 12.6 Å². The number of benzene rings is 2. The molecule has 0 aromatic heterocycles. The van der Waals surface area contributed by atoms with Gasteiger partial charge in [0.25, 0.3) is 0 Å². The third-order valence-corrected chi connectivity index (χ3v) is 4.98. The number of aliphatic hydroxyl groups excluding tert-OH is 3. The minimum absolute atomic E-state index is 0.170. The highest BCUT2D eigenvalue weighted by molar-refractivity contribution is 5.54. The molecule has 1 aliphatic heterocycles. The maximum Gasteiger partial charge on any atom is 0.123 e. The molecule has 4 N–H and O–H groups in total. The van der Waals surface area contributed by atoms with Gasteiger partial charge in [-0.25, -0.2) is 0 Å². The molecule has 2 aromatic rings. The average Bonchev–Trinajstić information content (AvgIpc) is 2.75. The largest absolute Gasteiger partial charge is 0.488 e. The number of nitrogens with zero attached hydrogens (tertiary/aromatic N) is 1. The summed E-state index contributed by atoms with van der Waals surface area (Å²) >= 11 is 0. The molecule has 3 rings (SSSR count). The number of nitriles is 1. The first-order chi connectivity index (χ1) is 14.0. The second-order valence-corrected chi connectivity index (χ2v) is 7.02. The van der Waals surface area contributed by atoms with Gasteiger partial charge >= 0.3 is 0 Å². The van der Waals surface area contributed by atoms with E-state index in [-0.39, 0.29) is 19.6 Å². The normalized spacial score (nSPS) is 23.9. The van der Waals surface area contributed by atoms with Crippen molar-refractivity contribution >= 4 is 6.21 Å². The van der Waals surface area contributed by atoms with Crippen LogP contribution >= 0.6 is 0 Å². The van der Waals surface area contributed by atoms with E-state index in [4.69, 9.17) is 14.9 Å². The van der Waals surface area contributed by atoms with Crippen LogP contribution in [0.2, 0.25) is 0 Å². The predicted octanol–water partition coefficient (Wildman–Crippen LogP) is 1.72. The van der Waals surface area contributed by atoms with Gasteiger partial charge < -0.3 is 30.2 Å². The van der Waals surface area contributed by atoms with E-state index < -0.39 is 24.4 Å². The molecule has 0 amide bonds. The van der Waals surface area contributed by atoms with Gasteiger partial charge in [-0.05, 0) is 41.3 Å². The minimum atomic E-state index is -1.11. The van der Waals surface area contributed by atoms with E-state index in [1.807, 2.05) is 24.3 Å². The highest BCUT2D eigenvalue weighted by Crippen LogP contribution is 2.33. The Morgan fingerprint density at radius 3 is 2.62 bits per heavy atom. The van der Waals surface area contributed by atoms with Crippen molar-refractivity contribution < 1.29 is 24.8 Å². The Hall–Kier alpha value is -2.76. The molecule has 2 aromatic carbocycles. The molecule has 152 valence electrons. The van der Waals surface area contributed by atoms with Gasteiger partial charge in [0.2, 0.25) is 0 Å². The Bertz CT molecular complexity index is 878. The van der Waals surface area contributed by atoms with Crippen molar-refractivity contribution in [1.82, 2.24) is 0 Å². The molecular formula is C22H24N2O5. The van der Waals surface area contributed by atoms with Crippen LogP contribution in [-0.2, 0) is 11.2 Å². The van der Waals surface area contributed by atoms with Crippen LogP contribution in [0.3, 0.4) is 0 Å². The number of hydrogen-bond donors (Lipinski definition) is 4. The highest BCUT2D eigenvalue weighted by Gasteiger charge is 2.37. The lowest BCUT2D eigenvalue weighted by Crippen LogP contribution is -2.44. The van der Waals surface area contributed by atoms with E-state index in [1.54, 1.807) is 18.2 Å². The SMILES string of the molecule is N#Cc1ccc([C@@H]2O[C@H](CO)C[C@H](O)[C@H]2O)cc1Cc1ccc(OCC=N)cc1. The summed E-state index contributed by atoms with van der Waals surface area (Å²) in [5.74, 6) is 0.661. The first kappa shape index (κ1) is 21.0. The zero-order valence-corrected chi connectivity index (χ0v) is 15.9. The summed E-state index contributed by atoms with van der Waals surface area (Å²) in [6, 6.07) is 14.8. The fourth-order valence-corrected chi connectivity index (χ4v) is 3.45. The highest BCUT2D eigenvalue weighted by atomic mass is 16.5. The van der Waals surface area contributed by atoms with Crippen LogP contribution in [0.25, 0.3) is 0 Å². The molecule has 0 spiro atoms. The maximum atomic E-state index is 10.4. The lowest BCUT2D eigenvalue weighted by atomic mass is 9.90. The van der Waals surface area contributed by atoms with Crippen molar-refractivity contribution in [3.63, 3.8) is 0 Å². The first-order valence-corrected chi connectivity index (χ1v) is 9.41. The summed E-state index contributed by atoms with van der Waals surface area (Å²) < 4.78 is 11.1. The van der Waals surface area contributed by atoms with Gasteiger partial charge in [-0.2, -0.15) is 5.26 Å². The lowest BCUT2D eigenvalue weighted by Gasteiger charge is -2.37. The molecule has 0 radical (unpaired) electrons. The monoisotopic (exact) mass is 396 g/mol. The van der Waals surface area contributed by atoms with Crippen molar-refractivity contribution in [1.29, 1.82) is 10.7 Å². The molecule has 0 bridgehead atoms. The number of hydrogen-bond acceptors (Lipinski definition) is 7. The number of nitrogens with one attached hydrogen (secondary N) is 1. The van der Waals surface area contributed by atoms with Gasteiger partial charge in [0.05, 0.1) is 30.4 Å². The standard InChI is InChI=1S/C22H24N2O5/c23-7-8-28-18-5-1-14(2-6-18)9-17-10-15(3-4-16(17)12-24)22-21(27)20(26)11-19(13-25)29-22/h1-7,10,19-23,25-27H,8-9,11,13H2/t19-,20-,21+,22-/m0/s1. The summed E-state index contributed by atoms with van der Waals surface area (Å²) in [6.07, 6.45) is -1.58. The molecule has 1 aliphatic rings. The van der Waals surface area contributed by atoms with Crippen LogP contribution in [0.5, 0.6) is 5.75 Å². The molecule has 0 unspecified atom stereocenters. The van der Waals surface area contributed by atoms with Crippen LogP contribution in [0.4, 0.5) is 0 Å². The van der Waals surface area contributed by atoms with Crippen LogP contribution in [0, 0.1) is 16.7 Å². The second kappa shape index (κ2) is 9.63. The van der Waals surface area contributed by atoms with Gasteiger partial charge in [-0.3, -0.25) is 0 Å². The van der Waals surface area contributed by atoms with E-state index >= 15 is 0 Å². The molecule has 0 saturated carbocycles. The summed E-state index contributed by atoms with van der Waals surface area (Å²) in [6.45, 7) is -0.0276. The van der Waals surface area contributed by atoms with E-state index in [1.165, 1.54) is 6.21 Å². The lowest BCUT2D eigenvalue weighted by molar-refractivity contribution is -0.179. The smallest absolute Gasteiger partial charge is 0.123 e. The number of rotatable bonds is 7. The van der Waals surface area contributed by atoms with Gasteiger partial charge in [0.15, 0.2) is 0 Å². The molecular weight excluding hydrogens is 372 g/mol. The Kier molecular flexibility index (Phi) is 6.96. The summed E-state index contributed by atoms with van der Waals surface area (Å²) in [5.41, 5.74) is 2.91. The zero-order chi connectivity index (χ0) is 20.8. The van der Waals surface area contributed by atoms with E-state index in [0.717, 1.165) is 11.1 Å². The molecule has 29 heavy (non-hydrogen) atoms. The number of ether oxygens (including phenoxy) is 2. The molecule has 4 atom stereocenters. The fraction of sp³-hybridized carbons (Fsp3) is 0.364. The summed E-state index contributed by atoms with van der Waals surface area (Å²) in [5, 5.41) is 46.3. The minimum Gasteiger partial charge on any atom is -0.488 e. The third kappa shape index (κ3) is 5.00. The van der Waals surface area contributed by atoms with Crippen molar-refractivity contribution in [2.24, 2.45) is 0 Å². The van der Waals surface area contributed by atoms with Crippen LogP contribution in [0.1, 0.15) is 34.8 Å². The fourth-order valence-electron chi connectivity index (χ4n) is 3.45. The van der Waals surface area contributed by atoms with Crippen molar-refractivity contribution in [3.05, 3.63) is 64.7 Å². The molecule has 7 heteroatoms. The van der Waals surface area contributed by atoms with E-state index in [2.05, 4.69) is 6.07 Å². The molecule has 1 fully saturated rings. The molecule has 1 saturated heterocycles. The first-order valence-electron chi connectivity index (χ1n) is 9.41. The number of aliphatic hydroxyl groups is 3. The Labute approximate surface area is 169 Å². The van der Waals surface area contributed by atoms with Crippen LogP contribution in [0.15, 0.2) is 42.5 Å². The van der Waals surface area contributed by atoms with Crippen LogP contribution < -0.4 is 4.74 Å². The van der Waals surface area contributed by atoms with E-state index in [0.29, 0.717) is 23.3 Å². The molecule has 1 heterocycles. The summed E-state index contributed by atoms with van der Waals surface area (Å²) in [4.78, 5) is 0. The molecule has 0 aliphatic carbocycles. The third-order valence-electron chi connectivity index (χ3n) is 4.98. The van der Waals surface area contributed by atoms with Gasteiger partial charge in [-0.1, -0.05) is 24.3 Å². The predicted molar refractivity (Wildman–Crippen MR) is 106 cm³/mol. The average molecular weight is 396 g/mol. The van der Waals surface area contributed by atoms with Crippen molar-refractivity contribution in [3.8, 4) is 11.8 Å².